The van der Waals surface area contributed by atoms with Gasteiger partial charge in [-0.1, -0.05) is 158 Å². The lowest BCUT2D eigenvalue weighted by molar-refractivity contribution is 0.669. The second-order valence-electron chi connectivity index (χ2n) is 16.0. The Morgan fingerprint density at radius 2 is 0.825 bits per heavy atom. The molecule has 0 N–H and O–H groups in total. The lowest BCUT2D eigenvalue weighted by Gasteiger charge is -2.16. The SMILES string of the molecule is c1ccc(-c2ccc(-n3c4ccccc4c4cc5c(cc43)c3ccccc3n5-c3nc(-c4ccccc4)nc(-c4ccc5c(c4)oc4ccccc45)n3)c(-c3ccccc3)c2)cc1. The topological polar surface area (TPSA) is 61.7 Å². The van der Waals surface area contributed by atoms with E-state index in [0.717, 1.165) is 93.5 Å². The Balaban J connectivity index is 1.07. The van der Waals surface area contributed by atoms with Gasteiger partial charge in [-0.05, 0) is 71.3 Å². The highest BCUT2D eigenvalue weighted by Gasteiger charge is 2.23. The molecular formula is C57H35N5O. The van der Waals surface area contributed by atoms with Crippen molar-refractivity contribution < 1.29 is 4.42 Å². The van der Waals surface area contributed by atoms with Crippen LogP contribution in [0.25, 0.3) is 122 Å². The van der Waals surface area contributed by atoms with Gasteiger partial charge in [0.15, 0.2) is 11.6 Å². The molecule has 0 unspecified atom stereocenters. The molecule has 0 bridgehead atoms. The zero-order valence-corrected chi connectivity index (χ0v) is 33.9. The zero-order valence-electron chi connectivity index (χ0n) is 33.9. The van der Waals surface area contributed by atoms with Gasteiger partial charge in [-0.3, -0.25) is 4.57 Å². The van der Waals surface area contributed by atoms with Crippen LogP contribution in [-0.4, -0.2) is 24.1 Å². The summed E-state index contributed by atoms with van der Waals surface area (Å²) in [5.74, 6) is 1.70. The van der Waals surface area contributed by atoms with Crippen LogP contribution in [0.3, 0.4) is 0 Å². The molecule has 6 nitrogen and oxygen atoms in total. The molecule has 0 aliphatic carbocycles. The van der Waals surface area contributed by atoms with Crippen molar-refractivity contribution in [2.24, 2.45) is 0 Å². The Bertz CT molecular complexity index is 3900. The number of hydrogen-bond donors (Lipinski definition) is 0. The molecule has 4 heterocycles. The molecule has 0 aliphatic rings. The van der Waals surface area contributed by atoms with E-state index >= 15 is 0 Å². The molecule has 0 fully saturated rings. The molecule has 0 saturated carbocycles. The molecule has 0 spiro atoms. The van der Waals surface area contributed by atoms with E-state index in [4.69, 9.17) is 19.4 Å². The van der Waals surface area contributed by atoms with Crippen LogP contribution >= 0.6 is 0 Å². The first-order valence-electron chi connectivity index (χ1n) is 21.2. The molecular weight excluding hydrogens is 771 g/mol. The van der Waals surface area contributed by atoms with Gasteiger partial charge in [0.2, 0.25) is 5.95 Å². The summed E-state index contributed by atoms with van der Waals surface area (Å²) < 4.78 is 11.0. The van der Waals surface area contributed by atoms with Gasteiger partial charge in [-0.2, -0.15) is 9.97 Å². The maximum absolute atomic E-state index is 6.34. The molecule has 13 aromatic rings. The van der Waals surface area contributed by atoms with Crippen LogP contribution in [0.4, 0.5) is 0 Å². The average Bonchev–Trinajstić information content (AvgIpc) is 4.00. The van der Waals surface area contributed by atoms with Gasteiger partial charge < -0.3 is 8.98 Å². The number of rotatable bonds is 6. The maximum Gasteiger partial charge on any atom is 0.238 e. The van der Waals surface area contributed by atoms with Crippen LogP contribution in [-0.2, 0) is 0 Å². The highest BCUT2D eigenvalue weighted by molar-refractivity contribution is 6.19. The van der Waals surface area contributed by atoms with Gasteiger partial charge >= 0.3 is 0 Å². The van der Waals surface area contributed by atoms with E-state index < -0.39 is 0 Å². The van der Waals surface area contributed by atoms with Gasteiger partial charge in [0, 0.05) is 49.0 Å². The molecule has 63 heavy (non-hydrogen) atoms. The predicted molar refractivity (Wildman–Crippen MR) is 258 cm³/mol. The van der Waals surface area contributed by atoms with Crippen molar-refractivity contribution in [1.29, 1.82) is 0 Å². The maximum atomic E-state index is 6.34. The first-order chi connectivity index (χ1) is 31.2. The first-order valence-corrected chi connectivity index (χ1v) is 21.2. The number of furan rings is 1. The van der Waals surface area contributed by atoms with E-state index in [-0.39, 0.29) is 0 Å². The molecule has 9 aromatic carbocycles. The van der Waals surface area contributed by atoms with Crippen molar-refractivity contribution in [1.82, 2.24) is 24.1 Å². The van der Waals surface area contributed by atoms with Crippen LogP contribution in [0.2, 0.25) is 0 Å². The summed E-state index contributed by atoms with van der Waals surface area (Å²) in [5.41, 5.74) is 13.5. The van der Waals surface area contributed by atoms with Gasteiger partial charge in [0.25, 0.3) is 0 Å². The quantitative estimate of drug-likeness (QED) is 0.168. The van der Waals surface area contributed by atoms with Gasteiger partial charge in [0.05, 0.1) is 27.8 Å². The molecule has 0 atom stereocenters. The van der Waals surface area contributed by atoms with E-state index in [1.54, 1.807) is 0 Å². The second-order valence-corrected chi connectivity index (χ2v) is 16.0. The van der Waals surface area contributed by atoms with Crippen molar-refractivity contribution in [3.63, 3.8) is 0 Å². The molecule has 0 amide bonds. The summed E-state index contributed by atoms with van der Waals surface area (Å²) in [6.45, 7) is 0. The molecule has 6 heteroatoms. The van der Waals surface area contributed by atoms with Crippen molar-refractivity contribution in [2.75, 3.05) is 0 Å². The molecule has 0 saturated heterocycles. The third kappa shape index (κ3) is 5.62. The lowest BCUT2D eigenvalue weighted by atomic mass is 9.97. The minimum absolute atomic E-state index is 0.542. The summed E-state index contributed by atoms with van der Waals surface area (Å²) in [7, 11) is 0. The van der Waals surface area contributed by atoms with E-state index in [0.29, 0.717) is 17.6 Å². The molecule has 4 aromatic heterocycles. The normalized spacial score (nSPS) is 11.8. The minimum Gasteiger partial charge on any atom is -0.456 e. The van der Waals surface area contributed by atoms with Gasteiger partial charge in [-0.15, -0.1) is 0 Å². The van der Waals surface area contributed by atoms with Crippen molar-refractivity contribution in [3.8, 4) is 56.7 Å². The lowest BCUT2D eigenvalue weighted by Crippen LogP contribution is -2.06. The zero-order chi connectivity index (χ0) is 41.4. The minimum atomic E-state index is 0.542. The molecule has 0 aliphatic heterocycles. The number of fused-ring (bicyclic) bond motifs is 9. The fourth-order valence-electron chi connectivity index (χ4n) is 9.47. The highest BCUT2D eigenvalue weighted by atomic mass is 16.3. The Kier molecular flexibility index (Phi) is 7.80. The third-order valence-electron chi connectivity index (χ3n) is 12.4. The van der Waals surface area contributed by atoms with E-state index in [1.165, 1.54) is 11.1 Å². The van der Waals surface area contributed by atoms with Crippen molar-refractivity contribution in [3.05, 3.63) is 212 Å². The fraction of sp³-hybridized carbons (Fsp3) is 0. The number of para-hydroxylation sites is 3. The first kappa shape index (κ1) is 35.2. The number of aromatic nitrogens is 5. The number of nitrogens with zero attached hydrogens (tertiary/aromatic N) is 5. The van der Waals surface area contributed by atoms with Crippen molar-refractivity contribution in [2.45, 2.75) is 0 Å². The molecule has 294 valence electrons. The third-order valence-corrected chi connectivity index (χ3v) is 12.4. The van der Waals surface area contributed by atoms with Gasteiger partial charge in [0.1, 0.15) is 11.2 Å². The van der Waals surface area contributed by atoms with Crippen LogP contribution in [0, 0.1) is 0 Å². The van der Waals surface area contributed by atoms with Crippen LogP contribution in [0.15, 0.2) is 217 Å². The Labute approximate surface area is 361 Å². The standard InChI is InChI=1S/C57H35N5O/c1-4-16-36(17-5-1)39-29-31-50(45(32-39)37-18-6-2-7-19-37)61-48-25-13-10-22-41(48)46-35-52-47(34-51(46)61)42-23-11-14-26-49(42)62(52)57-59-55(38-20-8-3-9-21-38)58-56(60-57)40-28-30-44-43-24-12-15-27-53(43)63-54(44)33-40/h1-35H. The Morgan fingerprint density at radius 3 is 1.52 bits per heavy atom. The summed E-state index contributed by atoms with van der Waals surface area (Å²) in [6, 6.07) is 74.7. The largest absolute Gasteiger partial charge is 0.456 e. The van der Waals surface area contributed by atoms with Crippen LogP contribution in [0.1, 0.15) is 0 Å². The Morgan fingerprint density at radius 1 is 0.302 bits per heavy atom. The fourth-order valence-corrected chi connectivity index (χ4v) is 9.47. The molecule has 0 radical (unpaired) electrons. The number of benzene rings is 9. The van der Waals surface area contributed by atoms with Crippen LogP contribution in [0.5, 0.6) is 0 Å². The van der Waals surface area contributed by atoms with Gasteiger partial charge in [-0.25, -0.2) is 4.98 Å². The average molecular weight is 806 g/mol. The Hall–Kier alpha value is -8.61. The summed E-state index contributed by atoms with van der Waals surface area (Å²) >= 11 is 0. The number of hydrogen-bond acceptors (Lipinski definition) is 4. The smallest absolute Gasteiger partial charge is 0.238 e. The highest BCUT2D eigenvalue weighted by Crippen LogP contribution is 2.42. The van der Waals surface area contributed by atoms with Crippen LogP contribution < -0.4 is 0 Å². The summed E-state index contributed by atoms with van der Waals surface area (Å²) in [5, 5.41) is 6.66. The summed E-state index contributed by atoms with van der Waals surface area (Å²) in [4.78, 5) is 15.7. The molecule has 13 rings (SSSR count). The predicted octanol–water partition coefficient (Wildman–Crippen LogP) is 14.6. The monoisotopic (exact) mass is 805 g/mol. The van der Waals surface area contributed by atoms with Crippen molar-refractivity contribution >= 4 is 65.6 Å². The van der Waals surface area contributed by atoms with E-state index in [9.17, 15) is 0 Å². The van der Waals surface area contributed by atoms with E-state index in [1.807, 2.05) is 54.6 Å². The summed E-state index contributed by atoms with van der Waals surface area (Å²) in [6.07, 6.45) is 0. The van der Waals surface area contributed by atoms with E-state index in [2.05, 4.69) is 167 Å². The second kappa shape index (κ2) is 14.0.